The van der Waals surface area contributed by atoms with E-state index < -0.39 is 6.04 Å². The molecule has 154 valence electrons. The molecule has 2 aromatic carbocycles. The number of benzene rings is 2. The molecule has 0 fully saturated rings. The Morgan fingerprint density at radius 1 is 1.00 bits per heavy atom. The normalized spacial score (nSPS) is 12.0. The van der Waals surface area contributed by atoms with Crippen LogP contribution in [0.1, 0.15) is 43.6 Å². The van der Waals surface area contributed by atoms with Crippen molar-refractivity contribution in [2.24, 2.45) is 11.0 Å². The third-order valence-electron chi connectivity index (χ3n) is 4.68. The van der Waals surface area contributed by atoms with Gasteiger partial charge >= 0.3 is 0 Å². The fourth-order valence-electron chi connectivity index (χ4n) is 2.95. The quantitative estimate of drug-likeness (QED) is 0.505. The lowest BCUT2D eigenvalue weighted by atomic mass is 10.0. The van der Waals surface area contributed by atoms with Gasteiger partial charge in [0.2, 0.25) is 0 Å². The summed E-state index contributed by atoms with van der Waals surface area (Å²) < 4.78 is 0. The number of nitrogens with zero attached hydrogens (tertiary/aromatic N) is 2. The zero-order valence-electron chi connectivity index (χ0n) is 17.6. The minimum absolute atomic E-state index is 0.0776. The number of hydrogen-bond acceptors (Lipinski definition) is 4. The summed E-state index contributed by atoms with van der Waals surface area (Å²) in [7, 11) is 0. The molecule has 1 atom stereocenters. The fraction of sp³-hybridized carbons (Fsp3) is 0.348. The molecule has 0 aromatic heterocycles. The van der Waals surface area contributed by atoms with Gasteiger partial charge < -0.3 is 10.2 Å². The smallest absolute Gasteiger partial charge is 0.262 e. The van der Waals surface area contributed by atoms with Gasteiger partial charge in [0.25, 0.3) is 11.8 Å². The molecule has 2 rings (SSSR count). The summed E-state index contributed by atoms with van der Waals surface area (Å²) in [5.74, 6) is -0.707. The monoisotopic (exact) mass is 394 g/mol. The van der Waals surface area contributed by atoms with Crippen molar-refractivity contribution in [1.29, 1.82) is 0 Å². The Morgan fingerprint density at radius 2 is 1.62 bits per heavy atom. The van der Waals surface area contributed by atoms with Gasteiger partial charge in [0.1, 0.15) is 6.04 Å². The van der Waals surface area contributed by atoms with E-state index in [0.29, 0.717) is 5.56 Å². The number of rotatable bonds is 9. The highest BCUT2D eigenvalue weighted by molar-refractivity contribution is 5.97. The van der Waals surface area contributed by atoms with Gasteiger partial charge in [0, 0.05) is 24.3 Å². The molecule has 2 aromatic rings. The average Bonchev–Trinajstić information content (AvgIpc) is 2.74. The van der Waals surface area contributed by atoms with Crippen molar-refractivity contribution in [1.82, 2.24) is 10.7 Å². The van der Waals surface area contributed by atoms with Crippen molar-refractivity contribution in [3.8, 4) is 0 Å². The number of hydrogen-bond donors (Lipinski definition) is 2. The van der Waals surface area contributed by atoms with Crippen LogP contribution in [-0.2, 0) is 4.79 Å². The van der Waals surface area contributed by atoms with Crippen molar-refractivity contribution in [2.75, 3.05) is 18.0 Å². The molecule has 0 saturated heterocycles. The number of amides is 2. The lowest BCUT2D eigenvalue weighted by molar-refractivity contribution is -0.123. The van der Waals surface area contributed by atoms with Crippen molar-refractivity contribution < 1.29 is 9.59 Å². The zero-order valence-corrected chi connectivity index (χ0v) is 17.6. The summed E-state index contributed by atoms with van der Waals surface area (Å²) in [6.45, 7) is 9.90. The highest BCUT2D eigenvalue weighted by Crippen LogP contribution is 2.14. The molecule has 0 spiro atoms. The van der Waals surface area contributed by atoms with Crippen molar-refractivity contribution in [3.05, 3.63) is 65.7 Å². The van der Waals surface area contributed by atoms with Crippen LogP contribution in [0.3, 0.4) is 0 Å². The van der Waals surface area contributed by atoms with Crippen LogP contribution in [0.2, 0.25) is 0 Å². The van der Waals surface area contributed by atoms with Crippen LogP contribution in [0.15, 0.2) is 59.7 Å². The summed E-state index contributed by atoms with van der Waals surface area (Å²) in [6.07, 6.45) is 1.60. The van der Waals surface area contributed by atoms with E-state index >= 15 is 0 Å². The molecule has 0 saturated carbocycles. The predicted octanol–water partition coefficient (Wildman–Crippen LogP) is 3.44. The SMILES string of the molecule is CCN(CC)c1ccc(C=NNC(=O)C(NC(=O)c2ccccc2)C(C)C)cc1. The highest BCUT2D eigenvalue weighted by Gasteiger charge is 2.24. The number of carbonyl (C=O) groups excluding carboxylic acids is 2. The molecule has 1 unspecified atom stereocenters. The van der Waals surface area contributed by atoms with Gasteiger partial charge in [-0.05, 0) is 49.6 Å². The van der Waals surface area contributed by atoms with Crippen molar-refractivity contribution >= 4 is 23.7 Å². The lowest BCUT2D eigenvalue weighted by Gasteiger charge is -2.21. The van der Waals surface area contributed by atoms with Crippen LogP contribution >= 0.6 is 0 Å². The van der Waals surface area contributed by atoms with Crippen LogP contribution in [0, 0.1) is 5.92 Å². The Labute approximate surface area is 173 Å². The van der Waals surface area contributed by atoms with E-state index in [1.54, 1.807) is 30.5 Å². The molecule has 6 heteroatoms. The number of hydrazone groups is 1. The molecule has 2 N–H and O–H groups in total. The van der Waals surface area contributed by atoms with Crippen LogP contribution in [0.5, 0.6) is 0 Å². The topological polar surface area (TPSA) is 73.8 Å². The van der Waals surface area contributed by atoms with E-state index in [1.807, 2.05) is 44.2 Å². The van der Waals surface area contributed by atoms with Crippen LogP contribution < -0.4 is 15.6 Å². The van der Waals surface area contributed by atoms with Crippen LogP contribution in [0.4, 0.5) is 5.69 Å². The first-order chi connectivity index (χ1) is 14.0. The first kappa shape index (κ1) is 22.1. The molecule has 0 aliphatic rings. The van der Waals surface area contributed by atoms with Gasteiger partial charge in [-0.15, -0.1) is 0 Å². The van der Waals surface area contributed by atoms with Gasteiger partial charge in [0.05, 0.1) is 6.21 Å². The third kappa shape index (κ3) is 6.45. The zero-order chi connectivity index (χ0) is 21.2. The Morgan fingerprint density at radius 3 is 2.17 bits per heavy atom. The summed E-state index contributed by atoms with van der Waals surface area (Å²) in [6, 6.07) is 16.2. The molecule has 0 heterocycles. The molecular weight excluding hydrogens is 364 g/mol. The standard InChI is InChI=1S/C23H30N4O2/c1-5-27(6-2)20-14-12-18(13-15-20)16-24-26-23(29)21(17(3)4)25-22(28)19-10-8-7-9-11-19/h7-17,21H,5-6H2,1-4H3,(H,25,28)(H,26,29). The van der Waals surface area contributed by atoms with E-state index in [1.165, 1.54) is 0 Å². The summed E-state index contributed by atoms with van der Waals surface area (Å²) >= 11 is 0. The van der Waals surface area contributed by atoms with Gasteiger partial charge in [-0.2, -0.15) is 5.10 Å². The number of carbonyl (C=O) groups is 2. The lowest BCUT2D eigenvalue weighted by Crippen LogP contribution is -2.48. The molecule has 0 radical (unpaired) electrons. The third-order valence-corrected chi connectivity index (χ3v) is 4.68. The van der Waals surface area contributed by atoms with E-state index in [2.05, 4.69) is 34.6 Å². The molecule has 0 aliphatic heterocycles. The minimum atomic E-state index is -0.676. The summed E-state index contributed by atoms with van der Waals surface area (Å²) in [4.78, 5) is 27.1. The first-order valence-corrected chi connectivity index (χ1v) is 10.00. The van der Waals surface area contributed by atoms with Crippen molar-refractivity contribution in [2.45, 2.75) is 33.7 Å². The second-order valence-corrected chi connectivity index (χ2v) is 7.06. The predicted molar refractivity (Wildman–Crippen MR) is 118 cm³/mol. The van der Waals surface area contributed by atoms with E-state index in [9.17, 15) is 9.59 Å². The highest BCUT2D eigenvalue weighted by atomic mass is 16.2. The second-order valence-electron chi connectivity index (χ2n) is 7.06. The Kier molecular flexibility index (Phi) is 8.40. The number of nitrogens with one attached hydrogen (secondary N) is 2. The van der Waals surface area contributed by atoms with E-state index in [0.717, 1.165) is 24.3 Å². The summed E-state index contributed by atoms with van der Waals surface area (Å²) in [5, 5.41) is 6.83. The van der Waals surface area contributed by atoms with Crippen molar-refractivity contribution in [3.63, 3.8) is 0 Å². The molecular formula is C23H30N4O2. The Bertz CT molecular complexity index is 813. The largest absolute Gasteiger partial charge is 0.372 e. The van der Waals surface area contributed by atoms with Crippen LogP contribution in [-0.4, -0.2) is 37.2 Å². The number of anilines is 1. The molecule has 0 bridgehead atoms. The maximum atomic E-state index is 12.5. The van der Waals surface area contributed by atoms with Crippen LogP contribution in [0.25, 0.3) is 0 Å². The molecule has 0 aliphatic carbocycles. The van der Waals surface area contributed by atoms with Gasteiger partial charge in [-0.1, -0.05) is 44.2 Å². The minimum Gasteiger partial charge on any atom is -0.372 e. The maximum Gasteiger partial charge on any atom is 0.262 e. The maximum absolute atomic E-state index is 12.5. The van der Waals surface area contributed by atoms with Gasteiger partial charge in [-0.25, -0.2) is 5.43 Å². The second kappa shape index (κ2) is 11.0. The van der Waals surface area contributed by atoms with E-state index in [-0.39, 0.29) is 17.7 Å². The first-order valence-electron chi connectivity index (χ1n) is 10.00. The summed E-state index contributed by atoms with van der Waals surface area (Å²) in [5.41, 5.74) is 5.09. The van der Waals surface area contributed by atoms with Gasteiger partial charge in [0.15, 0.2) is 0 Å². The fourth-order valence-corrected chi connectivity index (χ4v) is 2.95. The molecule has 29 heavy (non-hydrogen) atoms. The molecule has 2 amide bonds. The average molecular weight is 395 g/mol. The molecule has 6 nitrogen and oxygen atoms in total. The van der Waals surface area contributed by atoms with Gasteiger partial charge in [-0.3, -0.25) is 9.59 Å². The Hall–Kier alpha value is -3.15. The Balaban J connectivity index is 1.96. The van der Waals surface area contributed by atoms with E-state index in [4.69, 9.17) is 0 Å².